The number of sulfone groups is 1. The molecule has 1 N–H and O–H groups in total. The molecule has 13 heteroatoms. The van der Waals surface area contributed by atoms with E-state index in [1.165, 1.54) is 19.2 Å². The molecule has 3 aromatic rings. The Morgan fingerprint density at radius 3 is 2.29 bits per heavy atom. The van der Waals surface area contributed by atoms with Crippen LogP contribution in [-0.2, 0) is 30.8 Å². The highest BCUT2D eigenvalue weighted by molar-refractivity contribution is 7.92. The number of fused-ring (bicyclic) bond motifs is 2. The van der Waals surface area contributed by atoms with Gasteiger partial charge >= 0.3 is 5.97 Å². The Hall–Kier alpha value is -3.45. The molecule has 0 radical (unpaired) electrons. The van der Waals surface area contributed by atoms with Crippen molar-refractivity contribution in [2.75, 3.05) is 19.0 Å². The lowest BCUT2D eigenvalue weighted by Gasteiger charge is -2.47. The number of esters is 1. The van der Waals surface area contributed by atoms with Crippen LogP contribution >= 0.6 is 11.6 Å². The number of amides is 1. The first-order valence-electron chi connectivity index (χ1n) is 14.5. The molecular formula is C32H30ClF3N2O6S. The maximum absolute atomic E-state index is 14.3. The second-order valence-corrected chi connectivity index (χ2v) is 14.3. The van der Waals surface area contributed by atoms with Crippen molar-refractivity contribution in [3.05, 3.63) is 94.3 Å². The molecule has 8 nitrogen and oxygen atoms in total. The molecular weight excluding hydrogens is 633 g/mol. The molecule has 0 aromatic heterocycles. The Kier molecular flexibility index (Phi) is 8.44. The first-order chi connectivity index (χ1) is 21.4. The van der Waals surface area contributed by atoms with Gasteiger partial charge in [-0.3, -0.25) is 14.4 Å². The molecule has 1 saturated heterocycles. The molecule has 2 bridgehead atoms. The Morgan fingerprint density at radius 2 is 1.67 bits per heavy atom. The lowest BCUT2D eigenvalue weighted by atomic mass is 9.68. The summed E-state index contributed by atoms with van der Waals surface area (Å²) >= 11 is 6.42. The van der Waals surface area contributed by atoms with E-state index in [1.807, 2.05) is 35.4 Å². The van der Waals surface area contributed by atoms with Crippen molar-refractivity contribution in [2.45, 2.75) is 47.9 Å². The number of anilines is 1. The number of benzene rings is 3. The van der Waals surface area contributed by atoms with Crippen molar-refractivity contribution < 1.29 is 40.8 Å². The highest BCUT2D eigenvalue weighted by atomic mass is 35.5. The summed E-state index contributed by atoms with van der Waals surface area (Å²) in [6, 6.07) is 14.6. The van der Waals surface area contributed by atoms with Gasteiger partial charge in [-0.15, -0.1) is 0 Å². The molecule has 1 aliphatic heterocycles. The van der Waals surface area contributed by atoms with Crippen LogP contribution in [0.2, 0.25) is 5.02 Å². The zero-order valence-electron chi connectivity index (χ0n) is 24.1. The van der Waals surface area contributed by atoms with Gasteiger partial charge in [0.25, 0.3) is 5.91 Å². The molecule has 2 aliphatic carbocycles. The summed E-state index contributed by atoms with van der Waals surface area (Å²) in [5, 5.41) is 3.20. The van der Waals surface area contributed by atoms with Crippen molar-refractivity contribution >= 4 is 39.0 Å². The fraction of sp³-hybridized carbons (Fsp3) is 0.375. The predicted molar refractivity (Wildman–Crippen MR) is 158 cm³/mol. The van der Waals surface area contributed by atoms with E-state index in [4.69, 9.17) is 21.2 Å². The summed E-state index contributed by atoms with van der Waals surface area (Å²) in [4.78, 5) is 31.8. The fourth-order valence-corrected chi connectivity index (χ4v) is 10.3. The Morgan fingerprint density at radius 1 is 1.02 bits per heavy atom. The van der Waals surface area contributed by atoms with E-state index in [1.54, 1.807) is 0 Å². The smallest absolute Gasteiger partial charge is 0.313 e. The minimum Gasteiger partial charge on any atom is -0.469 e. The van der Waals surface area contributed by atoms with E-state index in [9.17, 15) is 31.2 Å². The van der Waals surface area contributed by atoms with Crippen LogP contribution in [0.15, 0.2) is 65.6 Å². The summed E-state index contributed by atoms with van der Waals surface area (Å²) in [5.41, 5.74) is -0.249. The van der Waals surface area contributed by atoms with Crippen LogP contribution in [0.3, 0.4) is 0 Å². The summed E-state index contributed by atoms with van der Waals surface area (Å²) in [6.07, 6.45) is 1.98. The van der Waals surface area contributed by atoms with Crippen LogP contribution in [0.25, 0.3) is 0 Å². The second-order valence-electron chi connectivity index (χ2n) is 11.9. The third kappa shape index (κ3) is 5.62. The molecule has 3 aliphatic rings. The average molecular weight is 663 g/mol. The Labute approximate surface area is 263 Å². The molecule has 3 fully saturated rings. The van der Waals surface area contributed by atoms with Gasteiger partial charge in [-0.05, 0) is 61.3 Å². The first-order valence-corrected chi connectivity index (χ1v) is 16.4. The van der Waals surface area contributed by atoms with Crippen molar-refractivity contribution in [2.24, 2.45) is 17.8 Å². The van der Waals surface area contributed by atoms with Crippen molar-refractivity contribution in [1.82, 2.24) is 5.06 Å². The topological polar surface area (TPSA) is 102 Å². The molecule has 6 rings (SSSR count). The molecule has 238 valence electrons. The largest absolute Gasteiger partial charge is 0.469 e. The molecule has 5 atom stereocenters. The van der Waals surface area contributed by atoms with Crippen LogP contribution in [0.5, 0.6) is 0 Å². The second kappa shape index (κ2) is 12.1. The van der Waals surface area contributed by atoms with E-state index in [0.29, 0.717) is 44.4 Å². The normalized spacial score (nSPS) is 26.2. The van der Waals surface area contributed by atoms with E-state index in [0.717, 1.165) is 11.6 Å². The van der Waals surface area contributed by atoms with Crippen molar-refractivity contribution in [3.8, 4) is 0 Å². The number of carbonyl (C=O) groups is 2. The van der Waals surface area contributed by atoms with Crippen LogP contribution in [-0.4, -0.2) is 49.9 Å². The third-order valence-electron chi connectivity index (χ3n) is 9.37. The number of nitrogens with zero attached hydrogens (tertiary/aromatic N) is 1. The number of hydroxylamine groups is 2. The van der Waals surface area contributed by atoms with Gasteiger partial charge in [0.15, 0.2) is 27.3 Å². The molecule has 2 saturated carbocycles. The van der Waals surface area contributed by atoms with Crippen molar-refractivity contribution in [3.63, 3.8) is 0 Å². The number of rotatable bonds is 7. The fourth-order valence-electron chi connectivity index (χ4n) is 7.41. The van der Waals surface area contributed by atoms with Crippen LogP contribution in [0.4, 0.5) is 18.9 Å². The van der Waals surface area contributed by atoms with Crippen LogP contribution < -0.4 is 5.32 Å². The number of methoxy groups -OCH3 is 1. The number of ether oxygens (including phenoxy) is 1. The van der Waals surface area contributed by atoms with E-state index >= 15 is 0 Å². The van der Waals surface area contributed by atoms with Crippen LogP contribution in [0.1, 0.15) is 41.6 Å². The number of nitrogens with one attached hydrogen (secondary N) is 1. The first kappa shape index (κ1) is 31.5. The van der Waals surface area contributed by atoms with Gasteiger partial charge in [0, 0.05) is 29.9 Å². The minimum absolute atomic E-state index is 0.0764. The molecule has 2 unspecified atom stereocenters. The number of hydrogen-bond donors (Lipinski definition) is 1. The molecule has 1 spiro atoms. The van der Waals surface area contributed by atoms with Crippen molar-refractivity contribution in [1.29, 1.82) is 0 Å². The maximum Gasteiger partial charge on any atom is 0.313 e. The van der Waals surface area contributed by atoms with Gasteiger partial charge in [0.1, 0.15) is 5.92 Å². The maximum atomic E-state index is 14.3. The molecule has 1 heterocycles. The summed E-state index contributed by atoms with van der Waals surface area (Å²) in [5.74, 6) is -7.19. The summed E-state index contributed by atoms with van der Waals surface area (Å²) in [6.45, 7) is 0.539. The van der Waals surface area contributed by atoms with E-state index < -0.39 is 55.9 Å². The average Bonchev–Trinajstić information content (AvgIpc) is 3.49. The van der Waals surface area contributed by atoms with Gasteiger partial charge in [-0.2, -0.15) is 5.06 Å². The quantitative estimate of drug-likeness (QED) is 0.247. The number of hydrogen-bond acceptors (Lipinski definition) is 7. The molecule has 45 heavy (non-hydrogen) atoms. The zero-order valence-corrected chi connectivity index (χ0v) is 25.7. The SMILES string of the molecule is COC(=O)C1CON(Cc2ccccc2)[C@]12CC1CC[C@@H](C2)[C@H]1S(=O)(=O)c1cc(C(=O)Nc2cc(F)c(F)c(F)c2)ccc1Cl. The third-order valence-corrected chi connectivity index (χ3v) is 12.2. The highest BCUT2D eigenvalue weighted by Crippen LogP contribution is 2.57. The molecule has 1 amide bonds. The van der Waals surface area contributed by atoms with E-state index in [2.05, 4.69) is 5.32 Å². The Balaban J connectivity index is 1.29. The van der Waals surface area contributed by atoms with Gasteiger partial charge in [0.2, 0.25) is 0 Å². The highest BCUT2D eigenvalue weighted by Gasteiger charge is 2.63. The summed E-state index contributed by atoms with van der Waals surface area (Å²) in [7, 11) is -2.77. The monoisotopic (exact) mass is 662 g/mol. The Bertz CT molecular complexity index is 1720. The van der Waals surface area contributed by atoms with Gasteiger partial charge in [-0.1, -0.05) is 41.9 Å². The summed E-state index contributed by atoms with van der Waals surface area (Å²) < 4.78 is 74.4. The van der Waals surface area contributed by atoms with Gasteiger partial charge in [0.05, 0.1) is 34.4 Å². The standard InChI is InChI=1S/C32H30ClF3N2O6S/c1-43-31(40)23-17-44-38(16-18-5-3-2-4-6-18)32(23)14-20-7-8-21(15-32)29(20)45(41,42)27-11-19(9-10-24(27)33)30(39)37-22-12-25(34)28(36)26(35)13-22/h2-6,9-13,20-21,23,29H,7-8,14-17H2,1H3,(H,37,39)/t20-,21?,23?,29+,32+/m0/s1. The molecule has 3 aromatic carbocycles. The minimum atomic E-state index is -4.10. The van der Waals surface area contributed by atoms with Gasteiger partial charge in [-0.25, -0.2) is 21.6 Å². The lowest BCUT2D eigenvalue weighted by molar-refractivity contribution is -0.187. The number of carbonyl (C=O) groups excluding carboxylic acids is 2. The predicted octanol–water partition coefficient (Wildman–Crippen LogP) is 5.95. The van der Waals surface area contributed by atoms with Gasteiger partial charge < -0.3 is 10.1 Å². The van der Waals surface area contributed by atoms with E-state index in [-0.39, 0.29) is 39.6 Å². The number of halogens is 4. The zero-order chi connectivity index (χ0) is 32.1. The van der Waals surface area contributed by atoms with Crippen LogP contribution in [0, 0.1) is 35.2 Å². The lowest BCUT2D eigenvalue weighted by Crippen LogP contribution is -2.57.